The van der Waals surface area contributed by atoms with Gasteiger partial charge in [0.1, 0.15) is 23.8 Å². The monoisotopic (exact) mass is 1570 g/mol. The third-order valence-corrected chi connectivity index (χ3v) is 27.7. The molecule has 21 nitrogen and oxygen atoms in total. The van der Waals surface area contributed by atoms with Crippen LogP contribution in [-0.4, -0.2) is 128 Å². The lowest BCUT2D eigenvalue weighted by atomic mass is 9.46. The van der Waals surface area contributed by atoms with Gasteiger partial charge in [0.2, 0.25) is 17.6 Å². The van der Waals surface area contributed by atoms with E-state index >= 15 is 0 Å². The SMILES string of the molecule is CC(C)C(=O)C[C@@H](C)C(=O)Nc1cccc(Cc2ccc([C@@H]3O[C@@H]4C[C@H]5[C@@H]6CCC7=CC(=O)C=C[C@]7(C)[C@H]6[C@@H](O)C[C@]5(C)[C@]4(C(=O)CO)O3)cc2)c1.CC(C)C(=O)C[C@@H](C)C(=O)Nc1cccc(Cc2ccc([C@@H]3O[C@@H]4C[C@H]5[C@@H]6CCC7=CC(=O)C=C[C@]7(C)[C@H]6[C@@H](O)C[C@]5(C)[C@]4(C(=O)COC(=O)CCC(=O)OC(C)(C)C)O3)cc2)c1. The van der Waals surface area contributed by atoms with Crippen LogP contribution >= 0.6 is 0 Å². The van der Waals surface area contributed by atoms with E-state index in [4.69, 9.17) is 28.4 Å². The van der Waals surface area contributed by atoms with Gasteiger partial charge in [-0.3, -0.25) is 47.9 Å². The molecule has 2 heterocycles. The summed E-state index contributed by atoms with van der Waals surface area (Å²) in [6, 6.07) is 30.9. The highest BCUT2D eigenvalue weighted by Gasteiger charge is 2.78. The maximum Gasteiger partial charge on any atom is 0.306 e. The largest absolute Gasteiger partial charge is 0.460 e. The van der Waals surface area contributed by atoms with Crippen LogP contribution in [0.3, 0.4) is 0 Å². The molecule has 4 aromatic rings. The second kappa shape index (κ2) is 32.7. The molecule has 0 radical (unpaired) electrons. The molecular formula is C94H114N2O19. The van der Waals surface area contributed by atoms with Gasteiger partial charge >= 0.3 is 11.9 Å². The molecule has 0 unspecified atom stereocenters. The molecular weight excluding hydrogens is 1460 g/mol. The number of hydrogen-bond acceptors (Lipinski definition) is 19. The molecule has 0 aromatic heterocycles. The van der Waals surface area contributed by atoms with Gasteiger partial charge in [0.15, 0.2) is 47.7 Å². The van der Waals surface area contributed by atoms with Crippen LogP contribution in [0.25, 0.3) is 0 Å². The van der Waals surface area contributed by atoms with Crippen LogP contribution in [0.1, 0.15) is 213 Å². The number of rotatable bonds is 24. The number of aliphatic hydroxyl groups excluding tert-OH is 3. The number of carbonyl (C=O) groups excluding carboxylic acids is 10. The van der Waals surface area contributed by atoms with Gasteiger partial charge in [-0.05, 0) is 179 Å². The van der Waals surface area contributed by atoms with Crippen LogP contribution in [-0.2, 0) is 89.2 Å². The molecule has 115 heavy (non-hydrogen) atoms. The van der Waals surface area contributed by atoms with Crippen LogP contribution in [0.5, 0.6) is 0 Å². The molecule has 0 bridgehead atoms. The normalized spacial score (nSPS) is 33.0. The number of hydrogen-bond donors (Lipinski definition) is 5. The average Bonchev–Trinajstić information content (AvgIpc) is 1.53. The molecule has 6 saturated carbocycles. The molecule has 8 aliphatic carbocycles. The first-order valence-corrected chi connectivity index (χ1v) is 41.3. The van der Waals surface area contributed by atoms with Gasteiger partial charge in [-0.1, -0.05) is 165 Å². The van der Waals surface area contributed by atoms with Crippen molar-refractivity contribution in [3.05, 3.63) is 178 Å². The average molecular weight is 1580 g/mol. The fraction of sp³-hybridized carbons (Fsp3) is 0.553. The van der Waals surface area contributed by atoms with Gasteiger partial charge < -0.3 is 54.4 Å². The Morgan fingerprint density at radius 2 is 0.957 bits per heavy atom. The lowest BCUT2D eigenvalue weighted by molar-refractivity contribution is -0.202. The van der Waals surface area contributed by atoms with Crippen molar-refractivity contribution in [1.29, 1.82) is 0 Å². The second-order valence-electron chi connectivity index (χ2n) is 36.9. The highest BCUT2D eigenvalue weighted by atomic mass is 16.8. The zero-order chi connectivity index (χ0) is 82.8. The van der Waals surface area contributed by atoms with Crippen molar-refractivity contribution in [3.63, 3.8) is 0 Å². The maximum atomic E-state index is 14.8. The fourth-order valence-corrected chi connectivity index (χ4v) is 21.8. The Morgan fingerprint density at radius 1 is 0.548 bits per heavy atom. The van der Waals surface area contributed by atoms with Crippen molar-refractivity contribution in [2.24, 2.45) is 80.8 Å². The van der Waals surface area contributed by atoms with E-state index in [1.807, 2.05) is 151 Å². The van der Waals surface area contributed by atoms with Gasteiger partial charge in [-0.15, -0.1) is 0 Å². The summed E-state index contributed by atoms with van der Waals surface area (Å²) in [6.45, 7) is 23.1. The molecule has 20 atom stereocenters. The fourth-order valence-electron chi connectivity index (χ4n) is 21.8. The summed E-state index contributed by atoms with van der Waals surface area (Å²) in [5.74, 6) is -3.79. The van der Waals surface area contributed by atoms with Crippen molar-refractivity contribution < 1.29 is 91.7 Å². The molecule has 0 spiro atoms. The molecule has 2 aliphatic heterocycles. The number of ether oxygens (including phenoxy) is 6. The zero-order valence-electron chi connectivity index (χ0n) is 68.6. The van der Waals surface area contributed by atoms with E-state index in [-0.39, 0.29) is 114 Å². The molecule has 14 rings (SSSR count). The van der Waals surface area contributed by atoms with E-state index < -0.39 is 124 Å². The summed E-state index contributed by atoms with van der Waals surface area (Å²) in [5.41, 5.74) is 2.62. The zero-order valence-corrected chi connectivity index (χ0v) is 68.6. The van der Waals surface area contributed by atoms with Gasteiger partial charge in [-0.25, -0.2) is 0 Å². The van der Waals surface area contributed by atoms with Crippen molar-refractivity contribution >= 4 is 69.8 Å². The summed E-state index contributed by atoms with van der Waals surface area (Å²) >= 11 is 0. The summed E-state index contributed by atoms with van der Waals surface area (Å²) in [7, 11) is 0. The first-order chi connectivity index (χ1) is 54.3. The summed E-state index contributed by atoms with van der Waals surface area (Å²) < 4.78 is 37.9. The Balaban J connectivity index is 0.000000204. The number of amides is 2. The molecule has 5 N–H and O–H groups in total. The molecule has 8 fully saturated rings. The minimum absolute atomic E-state index is 0.000333. The van der Waals surface area contributed by atoms with Crippen molar-refractivity contribution in [1.82, 2.24) is 0 Å². The topological polar surface area (TPSA) is 311 Å². The lowest BCUT2D eigenvalue weighted by Gasteiger charge is -2.59. The third kappa shape index (κ3) is 16.1. The Morgan fingerprint density at radius 3 is 1.36 bits per heavy atom. The van der Waals surface area contributed by atoms with Gasteiger partial charge in [0.25, 0.3) is 0 Å². The number of ketones is 6. The number of carbonyl (C=O) groups is 10. The summed E-state index contributed by atoms with van der Waals surface area (Å²) in [6.07, 6.45) is 11.8. The third-order valence-electron chi connectivity index (χ3n) is 27.7. The maximum absolute atomic E-state index is 14.8. The molecule has 2 saturated heterocycles. The van der Waals surface area contributed by atoms with Crippen LogP contribution in [0, 0.1) is 80.8 Å². The number of esters is 2. The van der Waals surface area contributed by atoms with Crippen LogP contribution in [0.2, 0.25) is 0 Å². The van der Waals surface area contributed by atoms with E-state index in [0.717, 1.165) is 58.2 Å². The van der Waals surface area contributed by atoms with Crippen molar-refractivity contribution in [2.75, 3.05) is 23.8 Å². The number of allylic oxidation sites excluding steroid dienone is 8. The van der Waals surface area contributed by atoms with Gasteiger partial charge in [0, 0.05) is 92.5 Å². The molecule has 21 heteroatoms. The molecule has 2 amide bonds. The van der Waals surface area contributed by atoms with E-state index in [2.05, 4.69) is 24.5 Å². The van der Waals surface area contributed by atoms with Crippen LogP contribution in [0.4, 0.5) is 11.4 Å². The number of aliphatic hydroxyl groups is 3. The number of anilines is 2. The second-order valence-corrected chi connectivity index (χ2v) is 36.9. The molecule has 4 aromatic carbocycles. The highest BCUT2D eigenvalue weighted by molar-refractivity contribution is 6.02. The van der Waals surface area contributed by atoms with E-state index in [1.165, 1.54) is 0 Å². The predicted molar refractivity (Wildman–Crippen MR) is 429 cm³/mol. The summed E-state index contributed by atoms with van der Waals surface area (Å²) in [4.78, 5) is 129. The van der Waals surface area contributed by atoms with Crippen molar-refractivity contribution in [2.45, 2.75) is 234 Å². The predicted octanol–water partition coefficient (Wildman–Crippen LogP) is 13.8. The Hall–Kier alpha value is -8.54. The quantitative estimate of drug-likeness (QED) is 0.0407. The van der Waals surface area contributed by atoms with E-state index in [1.54, 1.807) is 58.9 Å². The lowest BCUT2D eigenvalue weighted by Crippen LogP contribution is -2.63. The Kier molecular flexibility index (Phi) is 24.0. The summed E-state index contributed by atoms with van der Waals surface area (Å²) in [5, 5.41) is 40.3. The first-order valence-electron chi connectivity index (χ1n) is 41.3. The smallest absolute Gasteiger partial charge is 0.306 e. The van der Waals surface area contributed by atoms with Crippen LogP contribution < -0.4 is 10.6 Å². The van der Waals surface area contributed by atoms with E-state index in [0.29, 0.717) is 55.5 Å². The first kappa shape index (κ1) is 84.4. The highest BCUT2D eigenvalue weighted by Crippen LogP contribution is 2.73. The minimum atomic E-state index is -1.56. The standard InChI is InChI=1S/C51H63NO11.C43H51NO8/c1-29(2)39(54)22-30(3)46(59)52-35-11-9-10-32(24-35)23-31-12-14-33(15-13-31)47-61-42-26-38-37-17-16-34-25-36(53)20-21-49(34,7)45(37)40(55)27-50(38,8)51(42,63-47)41(56)28-60-43(57)18-19-44(58)62-48(4,5)6;1-24(2)34(47)17-25(3)39(50)44-30-8-6-7-27(19-30)18-26-9-11-28(12-10-26)40-51-37-21-33-32-14-13-29-20-31(46)15-16-41(29,4)38(32)35(48)22-42(33,5)43(37,52-40)36(49)23-45/h9-15,20-21,24-25,29-30,37-38,40,42,45,47,55H,16-19,22-23,26-28H2,1-8H3,(H,52,59);6-12,15-16,19-20,24-25,32-33,35,37-38,40,45,48H,13-14,17-18,21-23H2,1-5H3,(H,44,50)/t30-,37+,38+,40+,42-,45-,47-,49+,50+,51-;25-,32+,33+,35+,37-,38-,40-,41+,42+,43-/m11/s1. The minimum Gasteiger partial charge on any atom is -0.460 e. The number of Topliss-reactive ketones (excluding diaryl/α,β-unsaturated/α-hetero) is 4. The number of nitrogens with one attached hydrogen (secondary N) is 2. The Bertz CT molecular complexity index is 4600. The number of fused-ring (bicyclic) bond motifs is 14. The van der Waals surface area contributed by atoms with Crippen LogP contribution in [0.15, 0.2) is 145 Å². The van der Waals surface area contributed by atoms with Gasteiger partial charge in [-0.2, -0.15) is 0 Å². The Labute approximate surface area is 674 Å². The van der Waals surface area contributed by atoms with Gasteiger partial charge in [0.05, 0.1) is 37.3 Å². The van der Waals surface area contributed by atoms with Crippen molar-refractivity contribution in [3.8, 4) is 0 Å². The van der Waals surface area contributed by atoms with E-state index in [9.17, 15) is 63.3 Å². The molecule has 10 aliphatic rings. The molecule has 614 valence electrons. The number of benzene rings is 4.